The Bertz CT molecular complexity index is 1250. The van der Waals surface area contributed by atoms with E-state index in [-0.39, 0.29) is 24.2 Å². The number of amides is 1. The number of phenols is 1. The van der Waals surface area contributed by atoms with Crippen LogP contribution in [-0.2, 0) is 25.6 Å². The van der Waals surface area contributed by atoms with Crippen molar-refractivity contribution in [2.45, 2.75) is 63.6 Å². The maximum atomic E-state index is 14.1. The van der Waals surface area contributed by atoms with E-state index < -0.39 is 69.9 Å². The van der Waals surface area contributed by atoms with Gasteiger partial charge in [-0.1, -0.05) is 13.3 Å². The molecule has 10 nitrogen and oxygen atoms in total. The zero-order valence-corrected chi connectivity index (χ0v) is 23.7. The molecule has 1 aromatic carbocycles. The third-order valence-corrected chi connectivity index (χ3v) is 8.72. The maximum Gasteiger partial charge on any atom is 0.238 e. The molecule has 2 unspecified atom stereocenters. The number of carbonyl (C=O) groups excluding carboxylic acids is 5. The van der Waals surface area contributed by atoms with Crippen molar-refractivity contribution < 1.29 is 34.2 Å². The Morgan fingerprint density at radius 3 is 2.31 bits per heavy atom. The number of phenolic OH excluding ortho intramolecular Hbond substituents is 1. The molecule has 1 aromatic rings. The van der Waals surface area contributed by atoms with E-state index in [2.05, 4.69) is 5.32 Å². The second kappa shape index (κ2) is 9.82. The summed E-state index contributed by atoms with van der Waals surface area (Å²) in [6, 6.07) is 2.00. The van der Waals surface area contributed by atoms with E-state index in [9.17, 15) is 34.2 Å². The average molecular weight is 542 g/mol. The molecule has 4 rings (SSSR count). The summed E-state index contributed by atoms with van der Waals surface area (Å²) in [7, 11) is 6.83. The lowest BCUT2D eigenvalue weighted by molar-refractivity contribution is -0.181. The molecule has 10 heteroatoms. The summed E-state index contributed by atoms with van der Waals surface area (Å²) >= 11 is 0. The zero-order chi connectivity index (χ0) is 29.2. The molecule has 0 saturated heterocycles. The largest absolute Gasteiger partial charge is 0.507 e. The molecule has 212 valence electrons. The van der Waals surface area contributed by atoms with Crippen LogP contribution >= 0.6 is 0 Å². The highest BCUT2D eigenvalue weighted by Crippen LogP contribution is 2.51. The summed E-state index contributed by atoms with van der Waals surface area (Å²) in [6.07, 6.45) is 1.65. The quantitative estimate of drug-likeness (QED) is 0.452. The molecule has 0 radical (unpaired) electrons. The Hall–Kier alpha value is -3.11. The van der Waals surface area contributed by atoms with Crippen LogP contribution in [0.15, 0.2) is 12.1 Å². The van der Waals surface area contributed by atoms with Crippen LogP contribution in [0.2, 0.25) is 0 Å². The summed E-state index contributed by atoms with van der Waals surface area (Å²) in [5.41, 5.74) is -2.09. The highest BCUT2D eigenvalue weighted by atomic mass is 16.3. The molecular weight excluding hydrogens is 502 g/mol. The van der Waals surface area contributed by atoms with Crippen LogP contribution in [0.3, 0.4) is 0 Å². The van der Waals surface area contributed by atoms with Gasteiger partial charge in [0.1, 0.15) is 5.75 Å². The molecular formula is C29H39N3O7. The van der Waals surface area contributed by atoms with E-state index in [0.717, 1.165) is 6.42 Å². The summed E-state index contributed by atoms with van der Waals surface area (Å²) < 4.78 is 0. The zero-order valence-electron chi connectivity index (χ0n) is 23.7. The van der Waals surface area contributed by atoms with Gasteiger partial charge in [0.05, 0.1) is 17.5 Å². The second-order valence-corrected chi connectivity index (χ2v) is 12.4. The molecule has 3 aliphatic carbocycles. The van der Waals surface area contributed by atoms with Crippen LogP contribution in [0.1, 0.15) is 56.0 Å². The fraction of sp³-hybridized carbons (Fsp3) is 0.621. The number of nitrogens with one attached hydrogen (secondary N) is 1. The Morgan fingerprint density at radius 1 is 1.10 bits per heavy atom. The van der Waals surface area contributed by atoms with Crippen molar-refractivity contribution in [2.24, 2.45) is 23.7 Å². The molecule has 6 atom stereocenters. The van der Waals surface area contributed by atoms with E-state index >= 15 is 0 Å². The molecule has 2 saturated carbocycles. The van der Waals surface area contributed by atoms with E-state index in [1.54, 1.807) is 34.0 Å². The first-order valence-corrected chi connectivity index (χ1v) is 13.5. The van der Waals surface area contributed by atoms with Gasteiger partial charge < -0.3 is 20.4 Å². The number of Topliss-reactive ketones (excluding diaryl/α,β-unsaturated/α-hetero) is 4. The standard InChI is InChI=1S/C29H39N3O7/c1-8-11-28(2,3)30-27(38)21-24(35)22(32(6)7)16-13-14-12-15-17(31(4)5)9-10-18(33)20(15)23(34)19(14)25(36)29(16,39)26(21)37/h9-10,14,16,19,21-22,33,39H,8,11-13H2,1-7H3,(H,30,38)/t14-,16-,19?,21?,22-,29-/m1/s1. The third-order valence-electron chi connectivity index (χ3n) is 8.72. The minimum absolute atomic E-state index is 0.0111. The normalized spacial score (nSPS) is 30.5. The minimum Gasteiger partial charge on any atom is -0.507 e. The molecule has 0 heterocycles. The maximum absolute atomic E-state index is 14.1. The van der Waals surface area contributed by atoms with Crippen molar-refractivity contribution in [1.82, 2.24) is 10.2 Å². The first-order chi connectivity index (χ1) is 18.1. The highest BCUT2D eigenvalue weighted by Gasteiger charge is 2.69. The van der Waals surface area contributed by atoms with Gasteiger partial charge in [0.2, 0.25) is 5.91 Å². The monoisotopic (exact) mass is 541 g/mol. The predicted molar refractivity (Wildman–Crippen MR) is 144 cm³/mol. The van der Waals surface area contributed by atoms with Gasteiger partial charge in [0, 0.05) is 31.2 Å². The van der Waals surface area contributed by atoms with Crippen LogP contribution in [0.5, 0.6) is 5.75 Å². The van der Waals surface area contributed by atoms with Gasteiger partial charge in [-0.2, -0.15) is 0 Å². The Kier molecular flexibility index (Phi) is 7.27. The van der Waals surface area contributed by atoms with E-state index in [1.165, 1.54) is 11.0 Å². The third kappa shape index (κ3) is 4.37. The minimum atomic E-state index is -2.69. The summed E-state index contributed by atoms with van der Waals surface area (Å²) in [5.74, 6) is -9.57. The van der Waals surface area contributed by atoms with Gasteiger partial charge in [-0.15, -0.1) is 0 Å². The van der Waals surface area contributed by atoms with Gasteiger partial charge in [0.15, 0.2) is 34.7 Å². The van der Waals surface area contributed by atoms with Crippen LogP contribution in [0.25, 0.3) is 0 Å². The van der Waals surface area contributed by atoms with Gasteiger partial charge >= 0.3 is 0 Å². The molecule has 0 bridgehead atoms. The molecule has 2 fully saturated rings. The summed E-state index contributed by atoms with van der Waals surface area (Å²) in [4.78, 5) is 72.1. The lowest BCUT2D eigenvalue weighted by Gasteiger charge is -2.52. The number of aliphatic hydroxyl groups is 1. The molecule has 3 N–H and O–H groups in total. The number of rotatable bonds is 6. The number of hydrogen-bond acceptors (Lipinski definition) is 9. The van der Waals surface area contributed by atoms with Crippen molar-refractivity contribution >= 4 is 34.7 Å². The molecule has 0 aliphatic heterocycles. The number of nitrogens with zero attached hydrogens (tertiary/aromatic N) is 2. The van der Waals surface area contributed by atoms with Gasteiger partial charge in [-0.25, -0.2) is 0 Å². The molecule has 3 aliphatic rings. The van der Waals surface area contributed by atoms with Crippen LogP contribution in [0.4, 0.5) is 5.69 Å². The van der Waals surface area contributed by atoms with Crippen molar-refractivity contribution in [3.8, 4) is 5.75 Å². The average Bonchev–Trinajstić information content (AvgIpc) is 2.80. The van der Waals surface area contributed by atoms with Crippen LogP contribution < -0.4 is 10.2 Å². The first-order valence-electron chi connectivity index (χ1n) is 13.5. The second-order valence-electron chi connectivity index (χ2n) is 12.4. The van der Waals surface area contributed by atoms with Crippen molar-refractivity contribution in [3.05, 3.63) is 23.3 Å². The molecule has 0 aromatic heterocycles. The Labute approximate surface area is 228 Å². The number of anilines is 1. The number of benzene rings is 1. The molecule has 0 spiro atoms. The fourth-order valence-corrected chi connectivity index (χ4v) is 7.08. The topological polar surface area (TPSA) is 144 Å². The van der Waals surface area contributed by atoms with Crippen LogP contribution in [0, 0.1) is 23.7 Å². The number of fused-ring (bicyclic) bond motifs is 3. The van der Waals surface area contributed by atoms with Gasteiger partial charge in [-0.05, 0) is 70.8 Å². The molecule has 39 heavy (non-hydrogen) atoms. The number of ketones is 4. The SMILES string of the molecule is CCCC(C)(C)NC(=O)C1C(=O)[C@H](N(C)C)[C@H]2C[C@H]3Cc4c(N(C)C)ccc(O)c4C(=O)C3C(=O)[C@@]2(O)C1=O. The smallest absolute Gasteiger partial charge is 0.238 e. The van der Waals surface area contributed by atoms with Gasteiger partial charge in [0.25, 0.3) is 0 Å². The van der Waals surface area contributed by atoms with E-state index in [1.807, 2.05) is 25.9 Å². The van der Waals surface area contributed by atoms with Crippen LogP contribution in [-0.4, -0.2) is 89.5 Å². The lowest BCUT2D eigenvalue weighted by Crippen LogP contribution is -2.74. The Balaban J connectivity index is 1.81. The van der Waals surface area contributed by atoms with Crippen molar-refractivity contribution in [3.63, 3.8) is 0 Å². The highest BCUT2D eigenvalue weighted by molar-refractivity contribution is 6.32. The molecule has 1 amide bonds. The lowest BCUT2D eigenvalue weighted by atomic mass is 9.52. The summed E-state index contributed by atoms with van der Waals surface area (Å²) in [5, 5.41) is 25.3. The fourth-order valence-electron chi connectivity index (χ4n) is 7.08. The van der Waals surface area contributed by atoms with Crippen molar-refractivity contribution in [1.29, 1.82) is 0 Å². The predicted octanol–water partition coefficient (Wildman–Crippen LogP) is 1.14. The van der Waals surface area contributed by atoms with E-state index in [4.69, 9.17) is 0 Å². The number of carbonyl (C=O) groups is 5. The summed E-state index contributed by atoms with van der Waals surface area (Å²) in [6.45, 7) is 5.49. The number of likely N-dealkylation sites (N-methyl/N-ethyl adjacent to an activating group) is 1. The number of aromatic hydroxyl groups is 1. The Morgan fingerprint density at radius 2 is 1.74 bits per heavy atom. The number of hydrogen-bond donors (Lipinski definition) is 3. The van der Waals surface area contributed by atoms with Gasteiger partial charge in [-0.3, -0.25) is 28.9 Å². The first kappa shape index (κ1) is 28.9. The van der Waals surface area contributed by atoms with E-state index in [0.29, 0.717) is 17.7 Å². The van der Waals surface area contributed by atoms with Crippen molar-refractivity contribution in [2.75, 3.05) is 33.1 Å².